The molecule has 30 heavy (non-hydrogen) atoms. The third-order valence-electron chi connectivity index (χ3n) is 5.53. The molecule has 2 fully saturated rings. The van der Waals surface area contributed by atoms with Gasteiger partial charge in [-0.15, -0.1) is 0 Å². The van der Waals surface area contributed by atoms with Crippen LogP contribution in [0.15, 0.2) is 59.6 Å². The van der Waals surface area contributed by atoms with Crippen molar-refractivity contribution >= 4 is 23.2 Å². The zero-order valence-electron chi connectivity index (χ0n) is 17.4. The maximum absolute atomic E-state index is 12.4. The van der Waals surface area contributed by atoms with Crippen molar-refractivity contribution in [3.8, 4) is 0 Å². The van der Waals surface area contributed by atoms with Crippen LogP contribution in [0.25, 0.3) is 0 Å². The molecule has 2 aliphatic rings. The molecular weight excluding hydrogens is 378 g/mol. The van der Waals surface area contributed by atoms with Crippen molar-refractivity contribution in [1.29, 1.82) is 0 Å². The minimum Gasteiger partial charge on any atom is -0.378 e. The van der Waals surface area contributed by atoms with Gasteiger partial charge in [0, 0.05) is 51.0 Å². The Hall–Kier alpha value is -3.06. The Balaban J connectivity index is 1.28. The van der Waals surface area contributed by atoms with E-state index in [2.05, 4.69) is 44.8 Å². The molecule has 2 N–H and O–H groups in total. The lowest BCUT2D eigenvalue weighted by Crippen LogP contribution is -2.44. The number of amides is 1. The Morgan fingerprint density at radius 3 is 2.50 bits per heavy atom. The SMILES string of the molecule is CN=C(NCc1ccc(N2CCOCC2)cc1)NC1CC(=O)N(c2ccccc2)C1. The maximum atomic E-state index is 12.4. The summed E-state index contributed by atoms with van der Waals surface area (Å²) >= 11 is 0. The van der Waals surface area contributed by atoms with Gasteiger partial charge in [-0.1, -0.05) is 30.3 Å². The van der Waals surface area contributed by atoms with E-state index in [-0.39, 0.29) is 11.9 Å². The molecule has 0 aromatic heterocycles. The third kappa shape index (κ3) is 4.91. The highest BCUT2D eigenvalue weighted by atomic mass is 16.5. The Bertz CT molecular complexity index is 863. The number of guanidine groups is 1. The smallest absolute Gasteiger partial charge is 0.229 e. The average Bonchev–Trinajstić information content (AvgIpc) is 3.18. The second-order valence-corrected chi connectivity index (χ2v) is 7.58. The van der Waals surface area contributed by atoms with Crippen molar-refractivity contribution in [1.82, 2.24) is 10.6 Å². The second-order valence-electron chi connectivity index (χ2n) is 7.58. The van der Waals surface area contributed by atoms with Crippen molar-refractivity contribution in [2.24, 2.45) is 4.99 Å². The van der Waals surface area contributed by atoms with E-state index >= 15 is 0 Å². The van der Waals surface area contributed by atoms with Gasteiger partial charge in [-0.3, -0.25) is 9.79 Å². The number of carbonyl (C=O) groups is 1. The molecule has 2 aromatic carbocycles. The number of aliphatic imine (C=N–C) groups is 1. The topological polar surface area (TPSA) is 69.2 Å². The van der Waals surface area contributed by atoms with Crippen LogP contribution in [0.5, 0.6) is 0 Å². The summed E-state index contributed by atoms with van der Waals surface area (Å²) in [5.41, 5.74) is 3.36. The first kappa shape index (κ1) is 20.2. The van der Waals surface area contributed by atoms with Crippen molar-refractivity contribution < 1.29 is 9.53 Å². The molecule has 158 valence electrons. The van der Waals surface area contributed by atoms with Crippen LogP contribution in [-0.4, -0.2) is 57.8 Å². The van der Waals surface area contributed by atoms with E-state index in [9.17, 15) is 4.79 Å². The standard InChI is InChI=1S/C23H29N5O2/c1-24-23(26-19-15-22(29)28(17-19)21-5-3-2-4-6-21)25-16-18-7-9-20(10-8-18)27-11-13-30-14-12-27/h2-10,19H,11-17H2,1H3,(H2,24,25,26). The fourth-order valence-corrected chi connectivity index (χ4v) is 3.88. The van der Waals surface area contributed by atoms with Crippen LogP contribution < -0.4 is 20.4 Å². The summed E-state index contributed by atoms with van der Waals surface area (Å²) in [5.74, 6) is 0.841. The second kappa shape index (κ2) is 9.63. The van der Waals surface area contributed by atoms with Crippen molar-refractivity contribution in [2.75, 3.05) is 49.7 Å². The number of carbonyl (C=O) groups excluding carboxylic acids is 1. The third-order valence-corrected chi connectivity index (χ3v) is 5.53. The molecular formula is C23H29N5O2. The predicted octanol–water partition coefficient (Wildman–Crippen LogP) is 1.99. The molecule has 1 amide bonds. The van der Waals surface area contributed by atoms with E-state index in [0.29, 0.717) is 25.5 Å². The lowest BCUT2D eigenvalue weighted by atomic mass is 10.2. The Labute approximate surface area is 177 Å². The average molecular weight is 408 g/mol. The van der Waals surface area contributed by atoms with E-state index < -0.39 is 0 Å². The summed E-state index contributed by atoms with van der Waals surface area (Å²) < 4.78 is 5.42. The zero-order chi connectivity index (χ0) is 20.8. The number of para-hydroxylation sites is 1. The summed E-state index contributed by atoms with van der Waals surface area (Å²) in [7, 11) is 1.75. The van der Waals surface area contributed by atoms with E-state index in [4.69, 9.17) is 4.74 Å². The highest BCUT2D eigenvalue weighted by Crippen LogP contribution is 2.21. The molecule has 1 unspecified atom stereocenters. The largest absolute Gasteiger partial charge is 0.378 e. The van der Waals surface area contributed by atoms with Crippen molar-refractivity contribution in [3.05, 3.63) is 60.2 Å². The molecule has 0 saturated carbocycles. The summed E-state index contributed by atoms with van der Waals surface area (Å²) in [5, 5.41) is 6.74. The van der Waals surface area contributed by atoms with Crippen LogP contribution >= 0.6 is 0 Å². The first-order chi connectivity index (χ1) is 14.7. The highest BCUT2D eigenvalue weighted by Gasteiger charge is 2.31. The number of ether oxygens (including phenoxy) is 1. The van der Waals surface area contributed by atoms with Gasteiger partial charge in [0.15, 0.2) is 5.96 Å². The molecule has 0 aliphatic carbocycles. The van der Waals surface area contributed by atoms with Gasteiger partial charge in [0.2, 0.25) is 5.91 Å². The lowest BCUT2D eigenvalue weighted by Gasteiger charge is -2.29. The first-order valence-electron chi connectivity index (χ1n) is 10.5. The predicted molar refractivity (Wildman–Crippen MR) is 120 cm³/mol. The molecule has 2 aromatic rings. The van der Waals surface area contributed by atoms with E-state index in [1.807, 2.05) is 35.2 Å². The van der Waals surface area contributed by atoms with E-state index in [0.717, 1.165) is 32.0 Å². The number of rotatable bonds is 5. The van der Waals surface area contributed by atoms with Gasteiger partial charge < -0.3 is 25.2 Å². The fraction of sp³-hybridized carbons (Fsp3) is 0.391. The Morgan fingerprint density at radius 2 is 1.80 bits per heavy atom. The van der Waals surface area contributed by atoms with Gasteiger partial charge in [0.25, 0.3) is 0 Å². The molecule has 2 saturated heterocycles. The number of anilines is 2. The molecule has 7 heteroatoms. The van der Waals surface area contributed by atoms with Gasteiger partial charge in [-0.2, -0.15) is 0 Å². The summed E-state index contributed by atoms with van der Waals surface area (Å²) in [6.07, 6.45) is 0.462. The van der Waals surface area contributed by atoms with Crippen molar-refractivity contribution in [3.63, 3.8) is 0 Å². The Morgan fingerprint density at radius 1 is 1.07 bits per heavy atom. The minimum absolute atomic E-state index is 0.0348. The number of morpholine rings is 1. The van der Waals surface area contributed by atoms with E-state index in [1.54, 1.807) is 7.05 Å². The molecule has 0 bridgehead atoms. The van der Waals surface area contributed by atoms with Crippen molar-refractivity contribution in [2.45, 2.75) is 19.0 Å². The van der Waals surface area contributed by atoms with Crippen LogP contribution in [0.1, 0.15) is 12.0 Å². The monoisotopic (exact) mass is 407 g/mol. The van der Waals surface area contributed by atoms with Gasteiger partial charge in [-0.05, 0) is 29.8 Å². The molecule has 0 radical (unpaired) electrons. The normalized spacial score (nSPS) is 19.8. The zero-order valence-corrected chi connectivity index (χ0v) is 17.4. The van der Waals surface area contributed by atoms with Crippen LogP contribution in [0.2, 0.25) is 0 Å². The number of nitrogens with zero attached hydrogens (tertiary/aromatic N) is 3. The fourth-order valence-electron chi connectivity index (χ4n) is 3.88. The van der Waals surface area contributed by atoms with Gasteiger partial charge >= 0.3 is 0 Å². The molecule has 7 nitrogen and oxygen atoms in total. The van der Waals surface area contributed by atoms with Crippen LogP contribution in [-0.2, 0) is 16.1 Å². The minimum atomic E-state index is 0.0348. The number of benzene rings is 2. The molecule has 1 atom stereocenters. The number of hydrogen-bond acceptors (Lipinski definition) is 4. The molecule has 4 rings (SSSR count). The molecule has 2 aliphatic heterocycles. The Kier molecular flexibility index (Phi) is 6.49. The van der Waals surface area contributed by atoms with Crippen LogP contribution in [0.4, 0.5) is 11.4 Å². The summed E-state index contributed by atoms with van der Waals surface area (Å²) in [4.78, 5) is 20.9. The van der Waals surface area contributed by atoms with Crippen LogP contribution in [0.3, 0.4) is 0 Å². The number of hydrogen-bond donors (Lipinski definition) is 2. The van der Waals surface area contributed by atoms with Gasteiger partial charge in [0.05, 0.1) is 19.3 Å². The van der Waals surface area contributed by atoms with Gasteiger partial charge in [0.1, 0.15) is 0 Å². The molecule has 2 heterocycles. The van der Waals surface area contributed by atoms with Gasteiger partial charge in [-0.25, -0.2) is 0 Å². The summed E-state index contributed by atoms with van der Waals surface area (Å²) in [6, 6.07) is 18.4. The van der Waals surface area contributed by atoms with Crippen LogP contribution in [0, 0.1) is 0 Å². The van der Waals surface area contributed by atoms with E-state index in [1.165, 1.54) is 11.3 Å². The highest BCUT2D eigenvalue weighted by molar-refractivity contribution is 5.97. The maximum Gasteiger partial charge on any atom is 0.229 e. The number of nitrogens with one attached hydrogen (secondary N) is 2. The summed E-state index contributed by atoms with van der Waals surface area (Å²) in [6.45, 7) is 4.76. The molecule has 0 spiro atoms. The first-order valence-corrected chi connectivity index (χ1v) is 10.5. The lowest BCUT2D eigenvalue weighted by molar-refractivity contribution is -0.117. The quantitative estimate of drug-likeness (QED) is 0.586.